The Balaban J connectivity index is 1.79. The largest absolute Gasteiger partial charge is 0.250 e. The van der Waals surface area contributed by atoms with Crippen molar-refractivity contribution in [3.8, 4) is 0 Å². The number of rotatable bonds is 5. The Bertz CT molecular complexity index is 398. The molecule has 7 heteroatoms. The van der Waals surface area contributed by atoms with Crippen molar-refractivity contribution in [1.29, 1.82) is 0 Å². The molecule has 2 aliphatic rings. The van der Waals surface area contributed by atoms with Crippen LogP contribution in [0.3, 0.4) is 0 Å². The number of alkyl halides is 2. The third kappa shape index (κ3) is 4.04. The first-order valence-electron chi connectivity index (χ1n) is 6.70. The second-order valence-corrected chi connectivity index (χ2v) is 8.63. The van der Waals surface area contributed by atoms with Gasteiger partial charge in [0.15, 0.2) is 0 Å². The molecule has 2 rings (SSSR count). The van der Waals surface area contributed by atoms with E-state index in [0.717, 1.165) is 31.4 Å². The molecule has 2 aliphatic carbocycles. The Hall–Kier alpha value is 0.120. The molecule has 0 unspecified atom stereocenters. The average molecular weight is 313 g/mol. The lowest BCUT2D eigenvalue weighted by Gasteiger charge is -2.36. The minimum absolute atomic E-state index is 0.0580. The third-order valence-electron chi connectivity index (χ3n) is 4.07. The van der Waals surface area contributed by atoms with Gasteiger partial charge in [-0.3, -0.25) is 0 Å². The zero-order chi connectivity index (χ0) is 14.1. The minimum Gasteiger partial charge on any atom is -0.212 e. The van der Waals surface area contributed by atoms with Gasteiger partial charge in [-0.2, -0.15) is 11.8 Å². The minimum atomic E-state index is -3.56. The SMILES string of the molecule is CSCC1CCC(NS(=O)(=O)C2CC(F)(F)C2)CC1. The number of nitrogens with one attached hydrogen (secondary N) is 1. The average Bonchev–Trinajstić information content (AvgIpc) is 2.28. The summed E-state index contributed by atoms with van der Waals surface area (Å²) in [5.74, 6) is -0.993. The molecule has 0 aromatic rings. The van der Waals surface area contributed by atoms with Gasteiger partial charge in [-0.25, -0.2) is 21.9 Å². The molecular weight excluding hydrogens is 292 g/mol. The molecule has 3 nitrogen and oxygen atoms in total. The Morgan fingerprint density at radius 2 is 1.79 bits per heavy atom. The summed E-state index contributed by atoms with van der Waals surface area (Å²) in [5, 5.41) is -0.897. The van der Waals surface area contributed by atoms with Gasteiger partial charge < -0.3 is 0 Å². The molecule has 0 aromatic carbocycles. The van der Waals surface area contributed by atoms with Crippen molar-refractivity contribution in [3.05, 3.63) is 0 Å². The highest BCUT2D eigenvalue weighted by molar-refractivity contribution is 7.98. The second-order valence-electron chi connectivity index (χ2n) is 5.72. The van der Waals surface area contributed by atoms with Crippen molar-refractivity contribution in [2.24, 2.45) is 5.92 Å². The van der Waals surface area contributed by atoms with Crippen LogP contribution in [0.2, 0.25) is 0 Å². The van der Waals surface area contributed by atoms with Gasteiger partial charge in [-0.1, -0.05) is 0 Å². The topological polar surface area (TPSA) is 46.2 Å². The van der Waals surface area contributed by atoms with Gasteiger partial charge >= 0.3 is 0 Å². The van der Waals surface area contributed by atoms with E-state index < -0.39 is 34.0 Å². The van der Waals surface area contributed by atoms with Gasteiger partial charge in [0.1, 0.15) is 0 Å². The first-order valence-corrected chi connectivity index (χ1v) is 9.64. The predicted molar refractivity (Wildman–Crippen MR) is 74.2 cm³/mol. The third-order valence-corrected chi connectivity index (χ3v) is 6.75. The molecule has 0 heterocycles. The fourth-order valence-electron chi connectivity index (χ4n) is 2.84. The van der Waals surface area contributed by atoms with Crippen molar-refractivity contribution in [3.63, 3.8) is 0 Å². The molecule has 112 valence electrons. The molecule has 0 amide bonds. The number of halogens is 2. The van der Waals surface area contributed by atoms with E-state index in [9.17, 15) is 17.2 Å². The number of thioether (sulfide) groups is 1. The van der Waals surface area contributed by atoms with E-state index in [0.29, 0.717) is 5.92 Å². The van der Waals surface area contributed by atoms with Crippen LogP contribution in [0.25, 0.3) is 0 Å². The van der Waals surface area contributed by atoms with Crippen molar-refractivity contribution < 1.29 is 17.2 Å². The maximum absolute atomic E-state index is 12.7. The van der Waals surface area contributed by atoms with Crippen LogP contribution in [0.15, 0.2) is 0 Å². The van der Waals surface area contributed by atoms with Crippen LogP contribution in [0.5, 0.6) is 0 Å². The zero-order valence-electron chi connectivity index (χ0n) is 11.1. The lowest BCUT2D eigenvalue weighted by atomic mass is 9.88. The van der Waals surface area contributed by atoms with Gasteiger partial charge in [0, 0.05) is 18.9 Å². The predicted octanol–water partition coefficient (Wildman–Crippen LogP) is 2.63. The van der Waals surface area contributed by atoms with Crippen LogP contribution in [-0.4, -0.2) is 37.6 Å². The smallest absolute Gasteiger partial charge is 0.212 e. The normalized spacial score (nSPS) is 31.9. The molecule has 0 radical (unpaired) electrons. The van der Waals surface area contributed by atoms with Crippen LogP contribution in [0.1, 0.15) is 38.5 Å². The van der Waals surface area contributed by atoms with Crippen LogP contribution in [0, 0.1) is 5.92 Å². The van der Waals surface area contributed by atoms with Crippen LogP contribution >= 0.6 is 11.8 Å². The van der Waals surface area contributed by atoms with E-state index >= 15 is 0 Å². The summed E-state index contributed by atoms with van der Waals surface area (Å²) in [7, 11) is -3.56. The van der Waals surface area contributed by atoms with Gasteiger partial charge in [0.05, 0.1) is 5.25 Å². The molecule has 1 N–H and O–H groups in total. The highest BCUT2D eigenvalue weighted by Crippen LogP contribution is 2.41. The van der Waals surface area contributed by atoms with Crippen molar-refractivity contribution in [2.75, 3.05) is 12.0 Å². The Morgan fingerprint density at radius 3 is 2.26 bits per heavy atom. The standard InChI is InChI=1S/C12H21F2NO2S2/c1-18-8-9-2-4-10(5-3-9)15-19(16,17)11-6-12(13,14)7-11/h9-11,15H,2-8H2,1H3. The van der Waals surface area contributed by atoms with E-state index in [1.165, 1.54) is 0 Å². The first kappa shape index (κ1) is 15.5. The fourth-order valence-corrected chi connectivity index (χ4v) is 5.46. The molecule has 19 heavy (non-hydrogen) atoms. The first-order chi connectivity index (χ1) is 8.82. The Morgan fingerprint density at radius 1 is 1.21 bits per heavy atom. The molecule has 0 atom stereocenters. The summed E-state index contributed by atoms with van der Waals surface area (Å²) in [6, 6.07) is -0.0580. The highest BCUT2D eigenvalue weighted by atomic mass is 32.2. The van der Waals surface area contributed by atoms with E-state index in [-0.39, 0.29) is 6.04 Å². The monoisotopic (exact) mass is 313 g/mol. The van der Waals surface area contributed by atoms with Crippen LogP contribution in [0.4, 0.5) is 8.78 Å². The summed E-state index contributed by atoms with van der Waals surface area (Å²) in [5.41, 5.74) is 0. The van der Waals surface area contributed by atoms with Crippen molar-refractivity contribution in [1.82, 2.24) is 4.72 Å². The lowest BCUT2D eigenvalue weighted by molar-refractivity contribution is -0.0688. The molecule has 0 spiro atoms. The molecule has 0 aliphatic heterocycles. The molecule has 0 bridgehead atoms. The molecular formula is C12H21F2NO2S2. The van der Waals surface area contributed by atoms with Gasteiger partial charge in [-0.05, 0) is 43.6 Å². The molecule has 0 saturated heterocycles. The van der Waals surface area contributed by atoms with E-state index in [2.05, 4.69) is 11.0 Å². The number of sulfonamides is 1. The van der Waals surface area contributed by atoms with Gasteiger partial charge in [-0.15, -0.1) is 0 Å². The quantitative estimate of drug-likeness (QED) is 0.849. The molecule has 0 aromatic heterocycles. The summed E-state index contributed by atoms with van der Waals surface area (Å²) < 4.78 is 52.0. The second kappa shape index (κ2) is 5.85. The van der Waals surface area contributed by atoms with Crippen LogP contribution < -0.4 is 4.72 Å². The summed E-state index contributed by atoms with van der Waals surface area (Å²) in [6.07, 6.45) is 4.73. The maximum atomic E-state index is 12.7. The maximum Gasteiger partial charge on any atom is 0.250 e. The van der Waals surface area contributed by atoms with Crippen LogP contribution in [-0.2, 0) is 10.0 Å². The van der Waals surface area contributed by atoms with E-state index in [1.54, 1.807) is 0 Å². The molecule has 2 fully saturated rings. The number of hydrogen-bond donors (Lipinski definition) is 1. The Kier molecular flexibility index (Phi) is 4.78. The van der Waals surface area contributed by atoms with Crippen molar-refractivity contribution in [2.45, 2.75) is 55.7 Å². The summed E-state index contributed by atoms with van der Waals surface area (Å²) >= 11 is 1.82. The fraction of sp³-hybridized carbons (Fsp3) is 1.00. The Labute approximate surface area is 118 Å². The number of hydrogen-bond acceptors (Lipinski definition) is 3. The molecule has 2 saturated carbocycles. The van der Waals surface area contributed by atoms with Gasteiger partial charge in [0.2, 0.25) is 10.0 Å². The summed E-state index contributed by atoms with van der Waals surface area (Å²) in [6.45, 7) is 0. The lowest BCUT2D eigenvalue weighted by Crippen LogP contribution is -2.51. The summed E-state index contributed by atoms with van der Waals surface area (Å²) in [4.78, 5) is 0. The van der Waals surface area contributed by atoms with E-state index in [4.69, 9.17) is 0 Å². The highest BCUT2D eigenvalue weighted by Gasteiger charge is 2.51. The van der Waals surface area contributed by atoms with E-state index in [1.807, 2.05) is 11.8 Å². The van der Waals surface area contributed by atoms with Crippen molar-refractivity contribution >= 4 is 21.8 Å². The zero-order valence-corrected chi connectivity index (χ0v) is 12.7. The van der Waals surface area contributed by atoms with Gasteiger partial charge in [0.25, 0.3) is 5.92 Å².